The lowest BCUT2D eigenvalue weighted by molar-refractivity contribution is 0.465. The number of nitrogens with zero attached hydrogens (tertiary/aromatic N) is 1. The second kappa shape index (κ2) is 6.38. The molecule has 21 heavy (non-hydrogen) atoms. The number of rotatable bonds is 6. The van der Waals surface area contributed by atoms with Gasteiger partial charge in [-0.1, -0.05) is 6.07 Å². The van der Waals surface area contributed by atoms with E-state index in [-0.39, 0.29) is 11.4 Å². The zero-order valence-electron chi connectivity index (χ0n) is 12.3. The van der Waals surface area contributed by atoms with Crippen LogP contribution in [-0.4, -0.2) is 20.4 Å². The summed E-state index contributed by atoms with van der Waals surface area (Å²) in [5, 5.41) is 2.92. The van der Waals surface area contributed by atoms with E-state index in [9.17, 15) is 8.42 Å². The minimum atomic E-state index is -3.61. The molecule has 0 saturated heterocycles. The topological polar surface area (TPSA) is 84.2 Å². The highest BCUT2D eigenvalue weighted by Gasteiger charge is 2.21. The molecule has 0 atom stereocenters. The van der Waals surface area contributed by atoms with Crippen molar-refractivity contribution in [1.82, 2.24) is 15.0 Å². The van der Waals surface area contributed by atoms with Gasteiger partial charge in [-0.15, -0.1) is 0 Å². The monoisotopic (exact) mass is 309 g/mol. The Morgan fingerprint density at radius 1 is 1.29 bits per heavy atom. The average Bonchev–Trinajstić information content (AvgIpc) is 2.80. The van der Waals surface area contributed by atoms with Crippen molar-refractivity contribution in [2.24, 2.45) is 0 Å². The molecule has 0 radical (unpaired) electrons. The molecule has 0 saturated carbocycles. The smallest absolute Gasteiger partial charge is 0.244 e. The lowest BCUT2D eigenvalue weighted by Crippen LogP contribution is -2.24. The second-order valence-electron chi connectivity index (χ2n) is 4.76. The third-order valence-electron chi connectivity index (χ3n) is 3.11. The molecule has 7 heteroatoms. The van der Waals surface area contributed by atoms with Crippen molar-refractivity contribution in [3.8, 4) is 0 Å². The maximum absolute atomic E-state index is 12.3. The fraction of sp³-hybridized carbons (Fsp3) is 0.357. The third-order valence-corrected chi connectivity index (χ3v) is 4.62. The number of aryl methyl sites for hydroxylation is 2. The van der Waals surface area contributed by atoms with Crippen LogP contribution in [-0.2, 0) is 23.1 Å². The van der Waals surface area contributed by atoms with E-state index in [4.69, 9.17) is 4.42 Å². The van der Waals surface area contributed by atoms with E-state index in [0.29, 0.717) is 23.8 Å². The van der Waals surface area contributed by atoms with Gasteiger partial charge in [0.05, 0.1) is 18.8 Å². The first-order chi connectivity index (χ1) is 9.94. The summed E-state index contributed by atoms with van der Waals surface area (Å²) in [6.07, 6.45) is 1.64. The molecule has 114 valence electrons. The molecule has 6 nitrogen and oxygen atoms in total. The maximum atomic E-state index is 12.3. The van der Waals surface area contributed by atoms with Gasteiger partial charge in [-0.2, -0.15) is 0 Å². The molecule has 0 aliphatic carbocycles. The molecule has 2 aromatic rings. The molecule has 0 bridgehead atoms. The van der Waals surface area contributed by atoms with Gasteiger partial charge in [0.15, 0.2) is 0 Å². The number of pyridine rings is 1. The van der Waals surface area contributed by atoms with Gasteiger partial charge in [-0.05, 0) is 32.5 Å². The molecule has 2 N–H and O–H groups in total. The van der Waals surface area contributed by atoms with Gasteiger partial charge in [-0.3, -0.25) is 4.98 Å². The van der Waals surface area contributed by atoms with Crippen LogP contribution in [0.5, 0.6) is 0 Å². The molecular formula is C14H19N3O3S. The van der Waals surface area contributed by atoms with Crippen molar-refractivity contribution in [2.45, 2.75) is 31.8 Å². The van der Waals surface area contributed by atoms with Crippen molar-refractivity contribution in [2.75, 3.05) is 7.05 Å². The van der Waals surface area contributed by atoms with Crippen LogP contribution in [0.1, 0.15) is 22.8 Å². The zero-order valence-corrected chi connectivity index (χ0v) is 13.1. The molecule has 0 amide bonds. The van der Waals surface area contributed by atoms with Crippen LogP contribution in [0.3, 0.4) is 0 Å². The van der Waals surface area contributed by atoms with E-state index in [1.54, 1.807) is 26.2 Å². The van der Waals surface area contributed by atoms with Gasteiger partial charge < -0.3 is 9.73 Å². The summed E-state index contributed by atoms with van der Waals surface area (Å²) < 4.78 is 32.6. The fourth-order valence-corrected chi connectivity index (χ4v) is 3.19. The highest BCUT2D eigenvalue weighted by Crippen LogP contribution is 2.20. The van der Waals surface area contributed by atoms with Gasteiger partial charge in [0.1, 0.15) is 16.4 Å². The van der Waals surface area contributed by atoms with Gasteiger partial charge in [0, 0.05) is 12.3 Å². The first-order valence-electron chi connectivity index (χ1n) is 6.58. The van der Waals surface area contributed by atoms with Gasteiger partial charge >= 0.3 is 0 Å². The molecular weight excluding hydrogens is 290 g/mol. The number of sulfonamides is 1. The lowest BCUT2D eigenvalue weighted by atomic mass is 10.2. The normalized spacial score (nSPS) is 11.8. The van der Waals surface area contributed by atoms with E-state index >= 15 is 0 Å². The van der Waals surface area contributed by atoms with E-state index in [2.05, 4.69) is 15.0 Å². The minimum absolute atomic E-state index is 0.154. The van der Waals surface area contributed by atoms with Crippen LogP contribution in [0, 0.1) is 13.8 Å². The largest absolute Gasteiger partial charge is 0.464 e. The van der Waals surface area contributed by atoms with Crippen LogP contribution < -0.4 is 10.0 Å². The first-order valence-corrected chi connectivity index (χ1v) is 8.06. The Hall–Kier alpha value is -1.70. The van der Waals surface area contributed by atoms with Gasteiger partial charge in [-0.25, -0.2) is 13.1 Å². The van der Waals surface area contributed by atoms with Gasteiger partial charge in [0.2, 0.25) is 10.0 Å². The first kappa shape index (κ1) is 15.7. The van der Waals surface area contributed by atoms with E-state index in [1.165, 1.54) is 0 Å². The predicted molar refractivity (Wildman–Crippen MR) is 79.2 cm³/mol. The maximum Gasteiger partial charge on any atom is 0.244 e. The van der Waals surface area contributed by atoms with Crippen LogP contribution in [0.15, 0.2) is 33.7 Å². The fourth-order valence-electron chi connectivity index (χ4n) is 2.00. The highest BCUT2D eigenvalue weighted by molar-refractivity contribution is 7.89. The number of hydrogen-bond donors (Lipinski definition) is 2. The van der Waals surface area contributed by atoms with E-state index in [0.717, 1.165) is 5.56 Å². The Morgan fingerprint density at radius 3 is 2.71 bits per heavy atom. The standard InChI is InChI=1S/C14H19N3O3S/c1-10-5-4-6-16-13(10)9-17-21(18,19)14-7-12(8-15-3)20-11(14)2/h4-7,15,17H,8-9H2,1-3H3. The molecule has 0 spiro atoms. The molecule has 0 aliphatic heterocycles. The quantitative estimate of drug-likeness (QED) is 0.844. The summed E-state index contributed by atoms with van der Waals surface area (Å²) >= 11 is 0. The summed E-state index contributed by atoms with van der Waals surface area (Å²) in [7, 11) is -1.84. The molecule has 2 rings (SSSR count). The lowest BCUT2D eigenvalue weighted by Gasteiger charge is -2.07. The summed E-state index contributed by atoms with van der Waals surface area (Å²) in [6, 6.07) is 5.25. The summed E-state index contributed by atoms with van der Waals surface area (Å²) in [5.74, 6) is 0.967. The van der Waals surface area contributed by atoms with E-state index in [1.807, 2.05) is 19.1 Å². The van der Waals surface area contributed by atoms with Crippen molar-refractivity contribution in [1.29, 1.82) is 0 Å². The van der Waals surface area contributed by atoms with Crippen LogP contribution in [0.4, 0.5) is 0 Å². The SMILES string of the molecule is CNCc1cc(S(=O)(=O)NCc2ncccc2C)c(C)o1. The second-order valence-corrected chi connectivity index (χ2v) is 6.49. The third kappa shape index (κ3) is 3.69. The number of hydrogen-bond acceptors (Lipinski definition) is 5. The molecule has 2 heterocycles. The zero-order chi connectivity index (χ0) is 15.5. The summed E-state index contributed by atoms with van der Waals surface area (Å²) in [4.78, 5) is 4.34. The number of aromatic nitrogens is 1. The van der Waals surface area contributed by atoms with Gasteiger partial charge in [0.25, 0.3) is 0 Å². The molecule has 2 aromatic heterocycles. The number of furan rings is 1. The molecule has 0 aromatic carbocycles. The van der Waals surface area contributed by atoms with Crippen molar-refractivity contribution in [3.63, 3.8) is 0 Å². The predicted octanol–water partition coefficient (Wildman–Crippen LogP) is 1.49. The van der Waals surface area contributed by atoms with Crippen molar-refractivity contribution >= 4 is 10.0 Å². The van der Waals surface area contributed by atoms with Crippen LogP contribution >= 0.6 is 0 Å². The molecule has 0 aliphatic rings. The van der Waals surface area contributed by atoms with Crippen LogP contribution in [0.25, 0.3) is 0 Å². The van der Waals surface area contributed by atoms with Crippen molar-refractivity contribution in [3.05, 3.63) is 47.2 Å². The Balaban J connectivity index is 2.17. The Morgan fingerprint density at radius 2 is 2.05 bits per heavy atom. The highest BCUT2D eigenvalue weighted by atomic mass is 32.2. The Bertz CT molecular complexity index is 723. The summed E-state index contributed by atoms with van der Waals surface area (Å²) in [5.41, 5.74) is 1.65. The molecule has 0 fully saturated rings. The Labute approximate surface area is 124 Å². The number of nitrogens with one attached hydrogen (secondary N) is 2. The minimum Gasteiger partial charge on any atom is -0.464 e. The summed E-state index contributed by atoms with van der Waals surface area (Å²) in [6.45, 7) is 4.17. The Kier molecular flexibility index (Phi) is 4.76. The van der Waals surface area contributed by atoms with E-state index < -0.39 is 10.0 Å². The molecule has 0 unspecified atom stereocenters. The van der Waals surface area contributed by atoms with Crippen LogP contribution in [0.2, 0.25) is 0 Å². The average molecular weight is 309 g/mol. The van der Waals surface area contributed by atoms with Crippen molar-refractivity contribution < 1.29 is 12.8 Å².